The molecule has 1 atom stereocenters. The number of phenolic OH excluding ortho intramolecular Hbond substituents is 1. The van der Waals surface area contributed by atoms with Crippen molar-refractivity contribution in [2.24, 2.45) is 0 Å². The minimum Gasteiger partial charge on any atom is -0.508 e. The molecule has 2 N–H and O–H groups in total. The summed E-state index contributed by atoms with van der Waals surface area (Å²) in [4.78, 5) is 14.0. The number of phenols is 1. The van der Waals surface area contributed by atoms with Gasteiger partial charge in [-0.2, -0.15) is 0 Å². The molecule has 1 heterocycles. The zero-order chi connectivity index (χ0) is 13.8. The molecule has 0 bridgehead atoms. The average molecular weight is 267 g/mol. The summed E-state index contributed by atoms with van der Waals surface area (Å²) in [6, 6.07) is 3.52. The topological polar surface area (TPSA) is 60.8 Å². The maximum atomic E-state index is 13.7. The van der Waals surface area contributed by atoms with E-state index in [1.54, 1.807) is 4.90 Å². The number of hydrogen-bond acceptors (Lipinski definition) is 3. The highest BCUT2D eigenvalue weighted by atomic mass is 19.1. The highest BCUT2D eigenvalue weighted by molar-refractivity contribution is 5.94. The second-order valence-corrected chi connectivity index (χ2v) is 4.82. The molecule has 19 heavy (non-hydrogen) atoms. The SMILES string of the molecule is O=C(c1ccc(O)cc1F)N1CCCCC1CCO. The van der Waals surface area contributed by atoms with Crippen LogP contribution in [0.25, 0.3) is 0 Å². The van der Waals surface area contributed by atoms with Crippen molar-refractivity contribution in [1.29, 1.82) is 0 Å². The van der Waals surface area contributed by atoms with Crippen LogP contribution in [0.4, 0.5) is 4.39 Å². The first-order valence-electron chi connectivity index (χ1n) is 6.54. The van der Waals surface area contributed by atoms with Gasteiger partial charge in [-0.1, -0.05) is 0 Å². The quantitative estimate of drug-likeness (QED) is 0.879. The first kappa shape index (κ1) is 13.8. The molecule has 1 fully saturated rings. The molecule has 104 valence electrons. The number of hydrogen-bond donors (Lipinski definition) is 2. The summed E-state index contributed by atoms with van der Waals surface area (Å²) in [5, 5.41) is 18.2. The molecule has 0 saturated carbocycles. The predicted molar refractivity (Wildman–Crippen MR) is 68.4 cm³/mol. The fraction of sp³-hybridized carbons (Fsp3) is 0.500. The van der Waals surface area contributed by atoms with E-state index in [4.69, 9.17) is 10.2 Å². The van der Waals surface area contributed by atoms with Crippen LogP contribution in [0, 0.1) is 5.82 Å². The average Bonchev–Trinajstić information content (AvgIpc) is 2.39. The summed E-state index contributed by atoms with van der Waals surface area (Å²) >= 11 is 0. The lowest BCUT2D eigenvalue weighted by Gasteiger charge is -2.35. The molecule has 1 aliphatic heterocycles. The van der Waals surface area contributed by atoms with Crippen LogP contribution in [0.5, 0.6) is 5.75 Å². The molecule has 0 radical (unpaired) electrons. The Hall–Kier alpha value is -1.62. The van der Waals surface area contributed by atoms with Gasteiger partial charge in [-0.3, -0.25) is 4.79 Å². The van der Waals surface area contributed by atoms with Gasteiger partial charge in [0.25, 0.3) is 5.91 Å². The lowest BCUT2D eigenvalue weighted by molar-refractivity contribution is 0.0570. The molecule has 0 spiro atoms. The summed E-state index contributed by atoms with van der Waals surface area (Å²) in [5.74, 6) is -1.27. The first-order valence-corrected chi connectivity index (χ1v) is 6.54. The zero-order valence-electron chi connectivity index (χ0n) is 10.7. The second kappa shape index (κ2) is 6.02. The van der Waals surface area contributed by atoms with Crippen LogP contribution in [0.15, 0.2) is 18.2 Å². The number of piperidine rings is 1. The number of benzene rings is 1. The molecule has 1 aromatic carbocycles. The summed E-state index contributed by atoms with van der Waals surface area (Å²) in [7, 11) is 0. The van der Waals surface area contributed by atoms with E-state index in [2.05, 4.69) is 0 Å². The van der Waals surface area contributed by atoms with Gasteiger partial charge in [0.1, 0.15) is 11.6 Å². The fourth-order valence-electron chi connectivity index (χ4n) is 2.55. The van der Waals surface area contributed by atoms with E-state index in [0.29, 0.717) is 13.0 Å². The Morgan fingerprint density at radius 1 is 1.42 bits per heavy atom. The normalized spacial score (nSPS) is 19.5. The molecule has 4 nitrogen and oxygen atoms in total. The largest absolute Gasteiger partial charge is 0.508 e. The van der Waals surface area contributed by atoms with Gasteiger partial charge in [0.15, 0.2) is 0 Å². The molecule has 2 rings (SSSR count). The molecule has 1 aromatic rings. The maximum Gasteiger partial charge on any atom is 0.257 e. The number of halogens is 1. The minimum absolute atomic E-state index is 0.0203. The van der Waals surface area contributed by atoms with Crippen molar-refractivity contribution in [3.8, 4) is 5.75 Å². The van der Waals surface area contributed by atoms with Crippen LogP contribution < -0.4 is 0 Å². The number of rotatable bonds is 3. The van der Waals surface area contributed by atoms with E-state index >= 15 is 0 Å². The molecule has 0 aromatic heterocycles. The number of aliphatic hydroxyl groups is 1. The zero-order valence-corrected chi connectivity index (χ0v) is 10.7. The van der Waals surface area contributed by atoms with E-state index in [-0.39, 0.29) is 29.9 Å². The Balaban J connectivity index is 2.21. The van der Waals surface area contributed by atoms with Gasteiger partial charge in [0.05, 0.1) is 5.56 Å². The third-order valence-corrected chi connectivity index (χ3v) is 3.53. The lowest BCUT2D eigenvalue weighted by atomic mass is 9.98. The van der Waals surface area contributed by atoms with Crippen molar-refractivity contribution in [3.63, 3.8) is 0 Å². The summed E-state index contributed by atoms with van der Waals surface area (Å²) < 4.78 is 13.7. The summed E-state index contributed by atoms with van der Waals surface area (Å²) in [6.07, 6.45) is 3.28. The van der Waals surface area contributed by atoms with Gasteiger partial charge in [-0.15, -0.1) is 0 Å². The van der Waals surface area contributed by atoms with E-state index in [9.17, 15) is 9.18 Å². The van der Waals surface area contributed by atoms with Crippen molar-refractivity contribution in [2.75, 3.05) is 13.2 Å². The number of amides is 1. The Morgan fingerprint density at radius 3 is 2.89 bits per heavy atom. The van der Waals surface area contributed by atoms with Crippen LogP contribution in [-0.2, 0) is 0 Å². The van der Waals surface area contributed by atoms with E-state index < -0.39 is 5.82 Å². The van der Waals surface area contributed by atoms with Gasteiger partial charge in [0.2, 0.25) is 0 Å². The standard InChI is InChI=1S/C14H18FNO3/c15-13-9-11(18)4-5-12(13)14(19)16-7-2-1-3-10(16)6-8-17/h4-5,9-10,17-18H,1-3,6-8H2. The van der Waals surface area contributed by atoms with Crippen LogP contribution >= 0.6 is 0 Å². The molecule has 1 unspecified atom stereocenters. The van der Waals surface area contributed by atoms with Crippen LogP contribution in [0.3, 0.4) is 0 Å². The number of nitrogens with zero attached hydrogens (tertiary/aromatic N) is 1. The smallest absolute Gasteiger partial charge is 0.257 e. The summed E-state index contributed by atoms with van der Waals surface area (Å²) in [6.45, 7) is 0.607. The minimum atomic E-state index is -0.710. The number of aliphatic hydroxyl groups excluding tert-OH is 1. The Labute approximate surface area is 111 Å². The van der Waals surface area contributed by atoms with E-state index in [1.165, 1.54) is 12.1 Å². The van der Waals surface area contributed by atoms with Gasteiger partial charge in [0, 0.05) is 25.3 Å². The number of carbonyl (C=O) groups is 1. The molecule has 1 aliphatic rings. The predicted octanol–water partition coefficient (Wildman–Crippen LogP) is 1.91. The molecule has 0 aliphatic carbocycles. The van der Waals surface area contributed by atoms with Gasteiger partial charge < -0.3 is 15.1 Å². The molecular weight excluding hydrogens is 249 g/mol. The second-order valence-electron chi connectivity index (χ2n) is 4.82. The van der Waals surface area contributed by atoms with Crippen molar-refractivity contribution >= 4 is 5.91 Å². The molecule has 1 saturated heterocycles. The third-order valence-electron chi connectivity index (χ3n) is 3.53. The van der Waals surface area contributed by atoms with E-state index in [0.717, 1.165) is 25.3 Å². The first-order chi connectivity index (χ1) is 9.13. The molecule has 5 heteroatoms. The maximum absolute atomic E-state index is 13.7. The van der Waals surface area contributed by atoms with Crippen molar-refractivity contribution in [2.45, 2.75) is 31.7 Å². The Kier molecular flexibility index (Phi) is 4.37. The third kappa shape index (κ3) is 3.04. The number of likely N-dealkylation sites (tertiary alicyclic amines) is 1. The van der Waals surface area contributed by atoms with Crippen molar-refractivity contribution in [3.05, 3.63) is 29.6 Å². The van der Waals surface area contributed by atoms with E-state index in [1.807, 2.05) is 0 Å². The highest BCUT2D eigenvalue weighted by Crippen LogP contribution is 2.24. The van der Waals surface area contributed by atoms with Crippen LogP contribution in [-0.4, -0.2) is 40.2 Å². The van der Waals surface area contributed by atoms with Crippen molar-refractivity contribution < 1.29 is 19.4 Å². The number of carbonyl (C=O) groups excluding carboxylic acids is 1. The van der Waals surface area contributed by atoms with Gasteiger partial charge >= 0.3 is 0 Å². The van der Waals surface area contributed by atoms with Crippen LogP contribution in [0.2, 0.25) is 0 Å². The highest BCUT2D eigenvalue weighted by Gasteiger charge is 2.28. The fourth-order valence-corrected chi connectivity index (χ4v) is 2.55. The van der Waals surface area contributed by atoms with Gasteiger partial charge in [-0.05, 0) is 37.8 Å². The monoisotopic (exact) mass is 267 g/mol. The summed E-state index contributed by atoms with van der Waals surface area (Å²) in [5.41, 5.74) is -0.0253. The number of aromatic hydroxyl groups is 1. The molecular formula is C14H18FNO3. The molecule has 1 amide bonds. The van der Waals surface area contributed by atoms with Crippen LogP contribution in [0.1, 0.15) is 36.0 Å². The Morgan fingerprint density at radius 2 is 2.21 bits per heavy atom. The van der Waals surface area contributed by atoms with Crippen molar-refractivity contribution in [1.82, 2.24) is 4.90 Å². The van der Waals surface area contributed by atoms with Gasteiger partial charge in [-0.25, -0.2) is 4.39 Å². The Bertz CT molecular complexity index is 462. The lowest BCUT2D eigenvalue weighted by Crippen LogP contribution is -2.44.